The van der Waals surface area contributed by atoms with Crippen molar-refractivity contribution in [3.05, 3.63) is 41.0 Å². The molecule has 138 valence electrons. The second-order valence-corrected chi connectivity index (χ2v) is 6.80. The molecule has 0 amide bonds. The van der Waals surface area contributed by atoms with E-state index in [0.717, 1.165) is 23.4 Å². The molecule has 26 heavy (non-hydrogen) atoms. The van der Waals surface area contributed by atoms with Gasteiger partial charge in [-0.3, -0.25) is 0 Å². The Morgan fingerprint density at radius 2 is 2.08 bits per heavy atom. The molecule has 1 aromatic carbocycles. The van der Waals surface area contributed by atoms with E-state index in [-0.39, 0.29) is 17.7 Å². The van der Waals surface area contributed by atoms with Crippen LogP contribution < -0.4 is 4.90 Å². The van der Waals surface area contributed by atoms with Gasteiger partial charge in [0.15, 0.2) is 0 Å². The van der Waals surface area contributed by atoms with Crippen molar-refractivity contribution < 1.29 is 14.3 Å². The van der Waals surface area contributed by atoms with Crippen molar-refractivity contribution >= 4 is 23.3 Å². The maximum absolute atomic E-state index is 12.0. The van der Waals surface area contributed by atoms with Crippen LogP contribution in [-0.2, 0) is 14.3 Å². The van der Waals surface area contributed by atoms with Crippen LogP contribution in [0.1, 0.15) is 38.8 Å². The molecule has 0 unspecified atom stereocenters. The smallest absolute Gasteiger partial charge is 0.348 e. The van der Waals surface area contributed by atoms with Crippen LogP contribution in [0.25, 0.3) is 11.6 Å². The Kier molecular flexibility index (Phi) is 6.23. The van der Waals surface area contributed by atoms with E-state index < -0.39 is 5.97 Å². The van der Waals surface area contributed by atoms with Crippen molar-refractivity contribution in [1.29, 1.82) is 5.26 Å². The number of nitriles is 1. The van der Waals surface area contributed by atoms with Crippen LogP contribution in [0.3, 0.4) is 0 Å². The van der Waals surface area contributed by atoms with E-state index in [1.165, 1.54) is 12.7 Å². The summed E-state index contributed by atoms with van der Waals surface area (Å²) in [7, 11) is 1.53. The summed E-state index contributed by atoms with van der Waals surface area (Å²) in [5, 5.41) is 9.28. The van der Waals surface area contributed by atoms with Gasteiger partial charge in [-0.25, -0.2) is 4.79 Å². The van der Waals surface area contributed by atoms with E-state index in [2.05, 4.69) is 38.7 Å². The first-order chi connectivity index (χ1) is 12.3. The average Bonchev–Trinajstić information content (AvgIpc) is 2.59. The number of anilines is 1. The predicted octanol–water partition coefficient (Wildman–Crippen LogP) is 3.80. The van der Waals surface area contributed by atoms with Gasteiger partial charge in [0.2, 0.25) is 0 Å². The summed E-state index contributed by atoms with van der Waals surface area (Å²) in [5.74, 6) is -0.633. The first kappa shape index (κ1) is 19.7. The molecule has 0 atom stereocenters. The zero-order valence-corrected chi connectivity index (χ0v) is 16.1. The van der Waals surface area contributed by atoms with Gasteiger partial charge in [-0.05, 0) is 57.0 Å². The molecule has 0 N–H and O–H groups in total. The number of ether oxygens (including phenoxy) is 2. The quantitative estimate of drug-likeness (QED) is 0.336. The van der Waals surface area contributed by atoms with Gasteiger partial charge in [0.05, 0.1) is 12.1 Å². The number of esters is 1. The third kappa shape index (κ3) is 4.14. The number of rotatable bonds is 6. The summed E-state index contributed by atoms with van der Waals surface area (Å²) in [5.41, 5.74) is 4.19. The molecule has 1 aromatic rings. The fourth-order valence-electron chi connectivity index (χ4n) is 3.37. The summed E-state index contributed by atoms with van der Waals surface area (Å²) in [6.07, 6.45) is 3.81. The van der Waals surface area contributed by atoms with Crippen molar-refractivity contribution in [3.63, 3.8) is 0 Å². The lowest BCUT2D eigenvalue weighted by Crippen LogP contribution is -2.44. The third-order valence-electron chi connectivity index (χ3n) is 4.49. The van der Waals surface area contributed by atoms with Crippen LogP contribution in [0.2, 0.25) is 0 Å². The van der Waals surface area contributed by atoms with Crippen LogP contribution in [-0.4, -0.2) is 38.4 Å². The molecular weight excluding hydrogens is 328 g/mol. The second-order valence-electron chi connectivity index (χ2n) is 6.80. The van der Waals surface area contributed by atoms with Gasteiger partial charge in [-0.15, -0.1) is 0 Å². The summed E-state index contributed by atoms with van der Waals surface area (Å²) in [6, 6.07) is 7.91. The second kappa shape index (κ2) is 8.20. The Balaban J connectivity index is 2.35. The Bertz CT molecular complexity index is 785. The molecule has 2 rings (SSSR count). The Labute approximate surface area is 155 Å². The van der Waals surface area contributed by atoms with Gasteiger partial charge in [-0.2, -0.15) is 5.26 Å². The highest BCUT2D eigenvalue weighted by molar-refractivity contribution is 5.98. The molecule has 0 bridgehead atoms. The van der Waals surface area contributed by atoms with Crippen molar-refractivity contribution in [2.24, 2.45) is 0 Å². The van der Waals surface area contributed by atoms with Crippen LogP contribution in [0.15, 0.2) is 29.8 Å². The third-order valence-corrected chi connectivity index (χ3v) is 4.49. The van der Waals surface area contributed by atoms with E-state index in [9.17, 15) is 10.1 Å². The fraction of sp³-hybridized carbons (Fsp3) is 0.429. The molecule has 0 saturated carbocycles. The molecule has 1 heterocycles. The van der Waals surface area contributed by atoms with Gasteiger partial charge in [-0.1, -0.05) is 12.1 Å². The summed E-state index contributed by atoms with van der Waals surface area (Å²) in [4.78, 5) is 14.3. The van der Waals surface area contributed by atoms with Gasteiger partial charge < -0.3 is 14.4 Å². The molecule has 0 aliphatic carbocycles. The maximum atomic E-state index is 12.0. The lowest BCUT2D eigenvalue weighted by Gasteiger charge is -2.42. The molecule has 0 aromatic heterocycles. The molecule has 0 radical (unpaired) electrons. The minimum absolute atomic E-state index is 0.0221. The molecular formula is C21H26N2O3. The van der Waals surface area contributed by atoms with E-state index >= 15 is 0 Å². The fourth-order valence-corrected chi connectivity index (χ4v) is 3.37. The molecule has 1 aliphatic heterocycles. The number of hydrogen-bond acceptors (Lipinski definition) is 5. The maximum Gasteiger partial charge on any atom is 0.348 e. The highest BCUT2D eigenvalue weighted by atomic mass is 16.6. The lowest BCUT2D eigenvalue weighted by molar-refractivity contribution is -0.139. The number of hydrogen-bond donors (Lipinski definition) is 0. The number of carbonyl (C=O) groups excluding carboxylic acids is 1. The zero-order chi connectivity index (χ0) is 19.3. The van der Waals surface area contributed by atoms with Gasteiger partial charge in [0, 0.05) is 24.9 Å². The highest BCUT2D eigenvalue weighted by Crippen LogP contribution is 2.39. The number of methoxy groups -OCH3 is 1. The molecule has 0 fully saturated rings. The Morgan fingerprint density at radius 3 is 2.69 bits per heavy atom. The van der Waals surface area contributed by atoms with Gasteiger partial charge in [0.25, 0.3) is 0 Å². The van der Waals surface area contributed by atoms with Crippen molar-refractivity contribution in [2.75, 3.05) is 31.8 Å². The largest absolute Gasteiger partial charge is 0.459 e. The SMILES string of the molecule is CCN1c2ccc(/C=C(/C#N)C(=O)OCCOC)cc2C(C)=CC1(C)C. The molecule has 0 spiro atoms. The van der Waals surface area contributed by atoms with Crippen molar-refractivity contribution in [1.82, 2.24) is 0 Å². The van der Waals surface area contributed by atoms with Crippen molar-refractivity contribution in [2.45, 2.75) is 33.2 Å². The normalized spacial score (nSPS) is 15.8. The topological polar surface area (TPSA) is 62.6 Å². The monoisotopic (exact) mass is 354 g/mol. The summed E-state index contributed by atoms with van der Waals surface area (Å²) < 4.78 is 9.87. The number of nitrogens with zero attached hydrogens (tertiary/aromatic N) is 2. The van der Waals surface area contributed by atoms with Crippen molar-refractivity contribution in [3.8, 4) is 6.07 Å². The van der Waals surface area contributed by atoms with E-state index in [1.807, 2.05) is 24.3 Å². The summed E-state index contributed by atoms with van der Waals surface area (Å²) >= 11 is 0. The first-order valence-corrected chi connectivity index (χ1v) is 8.73. The molecule has 5 nitrogen and oxygen atoms in total. The standard InChI is InChI=1S/C21H26N2O3/c1-6-23-19-8-7-16(12-18(19)15(2)13-21(23,3)4)11-17(14-22)20(24)26-10-9-25-5/h7-8,11-13H,6,9-10H2,1-5H3/b17-11-. The zero-order valence-electron chi connectivity index (χ0n) is 16.1. The number of allylic oxidation sites excluding steroid dienone is 1. The van der Waals surface area contributed by atoms with Crippen LogP contribution in [0.5, 0.6) is 0 Å². The minimum Gasteiger partial charge on any atom is -0.459 e. The highest BCUT2D eigenvalue weighted by Gasteiger charge is 2.30. The number of fused-ring (bicyclic) bond motifs is 1. The number of carbonyl (C=O) groups is 1. The van der Waals surface area contributed by atoms with E-state index in [0.29, 0.717) is 6.61 Å². The lowest BCUT2D eigenvalue weighted by atomic mass is 9.88. The number of likely N-dealkylation sites (N-methyl/N-ethyl adjacent to an activating group) is 1. The molecule has 5 heteroatoms. The minimum atomic E-state index is -0.633. The predicted molar refractivity (Wildman–Crippen MR) is 104 cm³/mol. The number of benzene rings is 1. The average molecular weight is 354 g/mol. The van der Waals surface area contributed by atoms with Crippen LogP contribution in [0.4, 0.5) is 5.69 Å². The van der Waals surface area contributed by atoms with Gasteiger partial charge in [0.1, 0.15) is 18.2 Å². The van der Waals surface area contributed by atoms with Crippen LogP contribution >= 0.6 is 0 Å². The first-order valence-electron chi connectivity index (χ1n) is 8.73. The summed E-state index contributed by atoms with van der Waals surface area (Å²) in [6.45, 7) is 9.94. The van der Waals surface area contributed by atoms with Gasteiger partial charge >= 0.3 is 5.97 Å². The molecule has 1 aliphatic rings. The Morgan fingerprint density at radius 1 is 1.35 bits per heavy atom. The molecule has 0 saturated heterocycles. The Hall–Kier alpha value is -2.58. The van der Waals surface area contributed by atoms with E-state index in [1.54, 1.807) is 6.08 Å². The van der Waals surface area contributed by atoms with E-state index in [4.69, 9.17) is 9.47 Å². The van der Waals surface area contributed by atoms with Crippen LogP contribution in [0, 0.1) is 11.3 Å².